The van der Waals surface area contributed by atoms with Gasteiger partial charge in [0.25, 0.3) is 0 Å². The molecule has 0 unspecified atom stereocenters. The van der Waals surface area contributed by atoms with E-state index in [0.29, 0.717) is 17.3 Å². The van der Waals surface area contributed by atoms with Gasteiger partial charge in [0.1, 0.15) is 0 Å². The minimum absolute atomic E-state index is 0.487. The van der Waals surface area contributed by atoms with Crippen LogP contribution in [0.15, 0.2) is 23.8 Å². The number of allylic oxidation sites excluding steroid dienone is 2. The molecule has 0 amide bonds. The van der Waals surface area contributed by atoms with Gasteiger partial charge in [-0.2, -0.15) is 0 Å². The summed E-state index contributed by atoms with van der Waals surface area (Å²) >= 11 is 0. The molecule has 0 spiro atoms. The summed E-state index contributed by atoms with van der Waals surface area (Å²) in [7, 11) is 0. The summed E-state index contributed by atoms with van der Waals surface area (Å²) < 4.78 is 0. The summed E-state index contributed by atoms with van der Waals surface area (Å²) in [5, 5.41) is 0. The molecule has 0 aromatic rings. The lowest BCUT2D eigenvalue weighted by Gasteiger charge is -2.49. The maximum Gasteiger partial charge on any atom is 0.00526 e. The zero-order chi connectivity index (χ0) is 16.6. The van der Waals surface area contributed by atoms with Crippen molar-refractivity contribution in [1.82, 2.24) is 4.90 Å². The Morgan fingerprint density at radius 3 is 2.65 bits per heavy atom. The Bertz CT molecular complexity index is 470. The number of hydrogen-bond donors (Lipinski definition) is 0. The fraction of sp³-hybridized carbons (Fsp3) is 0.818. The zero-order valence-corrected chi connectivity index (χ0v) is 15.9. The zero-order valence-electron chi connectivity index (χ0n) is 15.9. The molecule has 23 heavy (non-hydrogen) atoms. The lowest BCUT2D eigenvalue weighted by atomic mass is 9.57. The fourth-order valence-corrected chi connectivity index (χ4v) is 5.86. The second-order valence-electron chi connectivity index (χ2n) is 9.20. The van der Waals surface area contributed by atoms with Crippen molar-refractivity contribution in [2.24, 2.45) is 29.1 Å². The van der Waals surface area contributed by atoms with Crippen LogP contribution >= 0.6 is 0 Å². The minimum atomic E-state index is 0.487. The smallest absolute Gasteiger partial charge is 0.00526 e. The summed E-state index contributed by atoms with van der Waals surface area (Å²) in [6.45, 7) is 18.0. The Morgan fingerprint density at radius 2 is 2.00 bits per heavy atom. The van der Waals surface area contributed by atoms with Gasteiger partial charge in [0.05, 0.1) is 0 Å². The summed E-state index contributed by atoms with van der Waals surface area (Å²) in [5.74, 6) is 2.94. The Labute approximate surface area is 144 Å². The second-order valence-corrected chi connectivity index (χ2v) is 9.20. The predicted molar refractivity (Wildman–Crippen MR) is 100 cm³/mol. The van der Waals surface area contributed by atoms with Crippen molar-refractivity contribution in [3.8, 4) is 0 Å². The van der Waals surface area contributed by atoms with Gasteiger partial charge in [-0.05, 0) is 81.2 Å². The Hall–Kier alpha value is -0.560. The van der Waals surface area contributed by atoms with Crippen LogP contribution in [0.25, 0.3) is 0 Å². The van der Waals surface area contributed by atoms with E-state index in [-0.39, 0.29) is 0 Å². The molecule has 1 saturated heterocycles. The molecule has 3 aliphatic rings. The fourth-order valence-electron chi connectivity index (χ4n) is 5.86. The van der Waals surface area contributed by atoms with Gasteiger partial charge in [-0.1, -0.05) is 51.0 Å². The van der Waals surface area contributed by atoms with Gasteiger partial charge >= 0.3 is 0 Å². The van der Waals surface area contributed by atoms with Crippen LogP contribution in [0.4, 0.5) is 0 Å². The van der Waals surface area contributed by atoms with Crippen molar-refractivity contribution < 1.29 is 0 Å². The molecule has 3 rings (SSSR count). The van der Waals surface area contributed by atoms with E-state index in [4.69, 9.17) is 0 Å². The molecule has 1 heterocycles. The monoisotopic (exact) mass is 315 g/mol. The molecule has 1 aliphatic heterocycles. The lowest BCUT2D eigenvalue weighted by Crippen LogP contribution is -2.40. The van der Waals surface area contributed by atoms with E-state index in [9.17, 15) is 0 Å². The topological polar surface area (TPSA) is 3.24 Å². The van der Waals surface area contributed by atoms with E-state index in [0.717, 1.165) is 11.8 Å². The number of fused-ring (bicyclic) bond motifs is 1. The van der Waals surface area contributed by atoms with E-state index in [2.05, 4.69) is 45.2 Å². The van der Waals surface area contributed by atoms with Crippen LogP contribution in [0, 0.1) is 29.1 Å². The predicted octanol–water partition coefficient (Wildman–Crippen LogP) is 5.68. The molecule has 0 aromatic heterocycles. The van der Waals surface area contributed by atoms with Crippen molar-refractivity contribution in [3.63, 3.8) is 0 Å². The van der Waals surface area contributed by atoms with Crippen molar-refractivity contribution >= 4 is 0 Å². The number of hydrogen-bond acceptors (Lipinski definition) is 1. The van der Waals surface area contributed by atoms with Crippen LogP contribution in [0.2, 0.25) is 0 Å². The highest BCUT2D eigenvalue weighted by Gasteiger charge is 2.43. The quantitative estimate of drug-likeness (QED) is 0.603. The normalized spacial score (nSPS) is 39.7. The van der Waals surface area contributed by atoms with E-state index in [1.165, 1.54) is 63.7 Å². The van der Waals surface area contributed by atoms with Gasteiger partial charge in [0.15, 0.2) is 0 Å². The van der Waals surface area contributed by atoms with Gasteiger partial charge in [-0.25, -0.2) is 0 Å². The standard InChI is InChI=1S/C22H37N/c1-16(2)20(15-23-11-6-7-12-23)19-13-21-17(3)9-8-10-22(21,5)14-18(19)4/h13,17-20H,1,6-12,14-15H2,2-5H3/t17-,18+,19-,20-,22+/m0/s1. The van der Waals surface area contributed by atoms with Crippen molar-refractivity contribution in [2.75, 3.05) is 19.6 Å². The van der Waals surface area contributed by atoms with Crippen LogP contribution in [0.1, 0.15) is 66.2 Å². The first-order valence-corrected chi connectivity index (χ1v) is 10.0. The minimum Gasteiger partial charge on any atom is -0.303 e. The average molecular weight is 316 g/mol. The molecule has 2 aliphatic carbocycles. The molecular formula is C22H37N. The molecule has 130 valence electrons. The van der Waals surface area contributed by atoms with Crippen LogP contribution < -0.4 is 0 Å². The van der Waals surface area contributed by atoms with E-state index < -0.39 is 0 Å². The van der Waals surface area contributed by atoms with Gasteiger partial charge in [-0.15, -0.1) is 0 Å². The Kier molecular flexibility index (Phi) is 5.06. The highest BCUT2D eigenvalue weighted by Crippen LogP contribution is 2.53. The molecule has 0 bridgehead atoms. The molecule has 1 saturated carbocycles. The summed E-state index contributed by atoms with van der Waals surface area (Å²) in [4.78, 5) is 2.68. The highest BCUT2D eigenvalue weighted by molar-refractivity contribution is 5.25. The number of nitrogens with zero attached hydrogens (tertiary/aromatic N) is 1. The molecule has 0 radical (unpaired) electrons. The average Bonchev–Trinajstić information content (AvgIpc) is 2.97. The first-order chi connectivity index (χ1) is 10.9. The van der Waals surface area contributed by atoms with Crippen LogP contribution in [-0.4, -0.2) is 24.5 Å². The first-order valence-electron chi connectivity index (χ1n) is 10.0. The molecule has 1 nitrogen and oxygen atoms in total. The van der Waals surface area contributed by atoms with E-state index >= 15 is 0 Å². The third-order valence-corrected chi connectivity index (χ3v) is 7.15. The van der Waals surface area contributed by atoms with E-state index in [1.807, 2.05) is 0 Å². The maximum absolute atomic E-state index is 4.39. The van der Waals surface area contributed by atoms with Crippen LogP contribution in [0.3, 0.4) is 0 Å². The van der Waals surface area contributed by atoms with Crippen LogP contribution in [0.5, 0.6) is 0 Å². The lowest BCUT2D eigenvalue weighted by molar-refractivity contribution is 0.138. The molecule has 1 heteroatoms. The van der Waals surface area contributed by atoms with Crippen molar-refractivity contribution in [1.29, 1.82) is 0 Å². The number of likely N-dealkylation sites (tertiary alicyclic amines) is 1. The molecule has 2 fully saturated rings. The highest BCUT2D eigenvalue weighted by atomic mass is 15.1. The summed E-state index contributed by atoms with van der Waals surface area (Å²) in [6, 6.07) is 0. The first kappa shape index (κ1) is 17.3. The van der Waals surface area contributed by atoms with Gasteiger partial charge in [0.2, 0.25) is 0 Å². The SMILES string of the molecule is C=C(C)[C@H](CN1CCCC1)[C@H]1C=C2[C@@H](C)CCC[C@]2(C)C[C@H]1C. The maximum atomic E-state index is 4.39. The summed E-state index contributed by atoms with van der Waals surface area (Å²) in [6.07, 6.45) is 11.1. The molecule has 0 aromatic carbocycles. The molecular weight excluding hydrogens is 278 g/mol. The number of rotatable bonds is 4. The summed E-state index contributed by atoms with van der Waals surface area (Å²) in [5.41, 5.74) is 3.68. The van der Waals surface area contributed by atoms with Gasteiger partial charge in [0, 0.05) is 6.54 Å². The van der Waals surface area contributed by atoms with Crippen LogP contribution in [-0.2, 0) is 0 Å². The Morgan fingerprint density at radius 1 is 1.30 bits per heavy atom. The molecule has 5 atom stereocenters. The van der Waals surface area contributed by atoms with Gasteiger partial charge < -0.3 is 4.90 Å². The molecule has 0 N–H and O–H groups in total. The third-order valence-electron chi connectivity index (χ3n) is 7.15. The van der Waals surface area contributed by atoms with Crippen molar-refractivity contribution in [3.05, 3.63) is 23.8 Å². The van der Waals surface area contributed by atoms with Gasteiger partial charge in [-0.3, -0.25) is 0 Å². The second kappa shape index (κ2) is 6.75. The van der Waals surface area contributed by atoms with E-state index in [1.54, 1.807) is 5.57 Å². The Balaban J connectivity index is 1.85. The van der Waals surface area contributed by atoms with Crippen molar-refractivity contribution in [2.45, 2.75) is 66.2 Å². The largest absolute Gasteiger partial charge is 0.303 e. The third kappa shape index (κ3) is 3.45.